The average Bonchev–Trinajstić information content (AvgIpc) is 3.46. The van der Waals surface area contributed by atoms with Gasteiger partial charge in [0.15, 0.2) is 0 Å². The molecule has 0 spiro atoms. The molecule has 214 valence electrons. The Bertz CT molecular complexity index is 1380. The van der Waals surface area contributed by atoms with Gasteiger partial charge in [-0.15, -0.1) is 0 Å². The summed E-state index contributed by atoms with van der Waals surface area (Å²) in [5.74, 6) is -0.357. The van der Waals surface area contributed by atoms with Gasteiger partial charge >= 0.3 is 6.09 Å². The maximum atomic E-state index is 15.0. The predicted octanol–water partition coefficient (Wildman–Crippen LogP) is 4.28. The zero-order chi connectivity index (χ0) is 29.4. The van der Waals surface area contributed by atoms with Gasteiger partial charge in [-0.2, -0.15) is 0 Å². The molecule has 9 nitrogen and oxygen atoms in total. The molecule has 5 rings (SSSR count). The van der Waals surface area contributed by atoms with Gasteiger partial charge in [0, 0.05) is 31.0 Å². The number of ether oxygens (including phenoxy) is 1. The summed E-state index contributed by atoms with van der Waals surface area (Å²) in [5, 5.41) is 2.98. The number of nitrogens with one attached hydrogen (secondary N) is 2. The molecule has 3 amide bonds. The van der Waals surface area contributed by atoms with E-state index in [1.807, 2.05) is 24.3 Å². The van der Waals surface area contributed by atoms with Crippen molar-refractivity contribution in [2.24, 2.45) is 0 Å². The number of hydrogen-bond acceptors (Lipinski definition) is 8. The molecule has 2 aliphatic rings. The van der Waals surface area contributed by atoms with Gasteiger partial charge in [0.2, 0.25) is 0 Å². The van der Waals surface area contributed by atoms with Crippen LogP contribution in [0.15, 0.2) is 66.7 Å². The maximum Gasteiger partial charge on any atom is 0.414 e. The molecule has 1 fully saturated rings. The summed E-state index contributed by atoms with van der Waals surface area (Å²) in [5.41, 5.74) is 3.57. The van der Waals surface area contributed by atoms with Crippen LogP contribution >= 0.6 is 11.9 Å². The molecule has 3 aromatic carbocycles. The molecule has 0 radical (unpaired) electrons. The highest BCUT2D eigenvalue weighted by Gasteiger charge is 2.34. The Kier molecular flexibility index (Phi) is 10.2. The molecule has 1 unspecified atom stereocenters. The van der Waals surface area contributed by atoms with Crippen molar-refractivity contribution in [3.8, 4) is 11.1 Å². The number of fused-ring (bicyclic) bond motifs is 1. The normalized spacial score (nSPS) is 15.9. The van der Waals surface area contributed by atoms with Crippen molar-refractivity contribution in [3.63, 3.8) is 0 Å². The zero-order valence-electron chi connectivity index (χ0n) is 22.8. The molecule has 2 N–H and O–H groups in total. The maximum absolute atomic E-state index is 15.0. The van der Waals surface area contributed by atoms with Crippen molar-refractivity contribution >= 4 is 41.8 Å². The SMILES string of the molecule is CC=O.CNCC1CN(c2ccc(-c3ccc(CNSCCN4C(=O)c5ccccc5C4=O)cc3)c(F)c2)C(=O)O1. The minimum absolute atomic E-state index is 0.250. The molecular weight excluding hydrogens is 547 g/mol. The van der Waals surface area contributed by atoms with Crippen LogP contribution in [-0.2, 0) is 16.1 Å². The smallest absolute Gasteiger partial charge is 0.414 e. The van der Waals surface area contributed by atoms with Gasteiger partial charge in [-0.3, -0.25) is 24.1 Å². The minimum atomic E-state index is -0.476. The molecular formula is C30H31FN4O5S. The number of halogens is 1. The first-order valence-corrected chi connectivity index (χ1v) is 14.1. The number of anilines is 1. The second-order valence-corrected chi connectivity index (χ2v) is 10.2. The van der Waals surface area contributed by atoms with E-state index in [4.69, 9.17) is 9.53 Å². The van der Waals surface area contributed by atoms with E-state index in [9.17, 15) is 18.8 Å². The number of carbonyl (C=O) groups is 4. The van der Waals surface area contributed by atoms with Crippen LogP contribution in [0.3, 0.4) is 0 Å². The van der Waals surface area contributed by atoms with Gasteiger partial charge in [0.1, 0.15) is 18.2 Å². The Morgan fingerprint density at radius 1 is 1.00 bits per heavy atom. The van der Waals surface area contributed by atoms with Gasteiger partial charge in [0.25, 0.3) is 11.8 Å². The molecule has 0 aliphatic carbocycles. The van der Waals surface area contributed by atoms with Crippen LogP contribution in [0.5, 0.6) is 0 Å². The number of nitrogens with zero attached hydrogens (tertiary/aromatic N) is 2. The first kappa shape index (κ1) is 29.9. The van der Waals surface area contributed by atoms with Crippen LogP contribution in [0.4, 0.5) is 14.9 Å². The van der Waals surface area contributed by atoms with E-state index in [1.165, 1.54) is 34.7 Å². The van der Waals surface area contributed by atoms with Crippen molar-refractivity contribution in [1.82, 2.24) is 14.9 Å². The largest absolute Gasteiger partial charge is 0.443 e. The standard InChI is InChI=1S/C28H27FN4O4S.C2H4O/c1-30-16-21-17-33(28(36)37-21)20-10-11-22(25(29)14-20)19-8-6-18(7-9-19)15-31-38-13-12-32-26(34)23-4-2-3-5-24(23)27(32)35;1-2-3/h2-11,14,21,30-31H,12-13,15-17H2,1H3;2H,1H3. The van der Waals surface area contributed by atoms with E-state index in [0.717, 1.165) is 17.4 Å². The molecule has 1 saturated heterocycles. The van der Waals surface area contributed by atoms with Crippen LogP contribution in [-0.4, -0.2) is 67.6 Å². The molecule has 2 heterocycles. The van der Waals surface area contributed by atoms with Crippen molar-refractivity contribution in [2.45, 2.75) is 19.6 Å². The third-order valence-corrected chi connectivity index (χ3v) is 7.24. The number of carbonyl (C=O) groups excluding carboxylic acids is 4. The number of cyclic esters (lactones) is 1. The molecule has 11 heteroatoms. The number of imide groups is 1. The second kappa shape index (κ2) is 14.0. The number of rotatable bonds is 10. The van der Waals surface area contributed by atoms with Crippen LogP contribution in [0.1, 0.15) is 33.2 Å². The number of aldehydes is 1. The Morgan fingerprint density at radius 2 is 1.66 bits per heavy atom. The fraction of sp³-hybridized carbons (Fsp3) is 0.267. The summed E-state index contributed by atoms with van der Waals surface area (Å²) in [7, 11) is 1.78. The lowest BCUT2D eigenvalue weighted by molar-refractivity contribution is -0.106. The summed E-state index contributed by atoms with van der Waals surface area (Å²) in [6.07, 6.45) is 0.00717. The first-order chi connectivity index (χ1) is 19.9. The van der Waals surface area contributed by atoms with Gasteiger partial charge in [-0.1, -0.05) is 48.3 Å². The minimum Gasteiger partial charge on any atom is -0.443 e. The Morgan fingerprint density at radius 3 is 2.27 bits per heavy atom. The summed E-state index contributed by atoms with van der Waals surface area (Å²) in [4.78, 5) is 48.5. The lowest BCUT2D eigenvalue weighted by atomic mass is 10.0. The summed E-state index contributed by atoms with van der Waals surface area (Å²) >= 11 is 1.44. The van der Waals surface area contributed by atoms with Crippen LogP contribution < -0.4 is 14.9 Å². The fourth-order valence-corrected chi connectivity index (χ4v) is 5.25. The molecule has 0 saturated carbocycles. The molecule has 1 atom stereocenters. The average molecular weight is 579 g/mol. The number of benzene rings is 3. The number of hydrogen-bond donors (Lipinski definition) is 2. The molecule has 0 aromatic heterocycles. The molecule has 41 heavy (non-hydrogen) atoms. The van der Waals surface area contributed by atoms with E-state index in [1.54, 1.807) is 43.4 Å². The first-order valence-electron chi connectivity index (χ1n) is 13.1. The Balaban J connectivity index is 0.00000124. The fourth-order valence-electron chi connectivity index (χ4n) is 4.56. The Labute approximate surface area is 242 Å². The van der Waals surface area contributed by atoms with Crippen molar-refractivity contribution in [1.29, 1.82) is 0 Å². The second-order valence-electron chi connectivity index (χ2n) is 9.25. The monoisotopic (exact) mass is 578 g/mol. The highest BCUT2D eigenvalue weighted by atomic mass is 32.2. The van der Waals surface area contributed by atoms with Gasteiger partial charge < -0.3 is 14.8 Å². The van der Waals surface area contributed by atoms with Crippen LogP contribution in [0.2, 0.25) is 0 Å². The molecule has 2 aliphatic heterocycles. The number of amides is 3. The van der Waals surface area contributed by atoms with Crippen molar-refractivity contribution in [3.05, 3.63) is 89.2 Å². The van der Waals surface area contributed by atoms with Gasteiger partial charge in [-0.25, -0.2) is 9.18 Å². The van der Waals surface area contributed by atoms with E-state index in [2.05, 4.69) is 10.0 Å². The summed E-state index contributed by atoms with van der Waals surface area (Å²) < 4.78 is 23.5. The number of likely N-dealkylation sites (N-methyl/N-ethyl adjacent to an activating group) is 1. The van der Waals surface area contributed by atoms with E-state index >= 15 is 0 Å². The van der Waals surface area contributed by atoms with E-state index in [-0.39, 0.29) is 17.9 Å². The lowest BCUT2D eigenvalue weighted by Gasteiger charge is -2.15. The third kappa shape index (κ3) is 6.99. The van der Waals surface area contributed by atoms with Crippen molar-refractivity contribution < 1.29 is 28.3 Å². The van der Waals surface area contributed by atoms with E-state index in [0.29, 0.717) is 54.3 Å². The van der Waals surface area contributed by atoms with Crippen LogP contribution in [0.25, 0.3) is 11.1 Å². The molecule has 3 aromatic rings. The topological polar surface area (TPSA) is 108 Å². The zero-order valence-corrected chi connectivity index (χ0v) is 23.6. The van der Waals surface area contributed by atoms with E-state index < -0.39 is 11.9 Å². The summed E-state index contributed by atoms with van der Waals surface area (Å²) in [6, 6.07) is 19.2. The predicted molar refractivity (Wildman–Crippen MR) is 156 cm³/mol. The highest BCUT2D eigenvalue weighted by molar-refractivity contribution is 7.97. The lowest BCUT2D eigenvalue weighted by Crippen LogP contribution is -2.32. The third-order valence-electron chi connectivity index (χ3n) is 6.51. The molecule has 0 bridgehead atoms. The summed E-state index contributed by atoms with van der Waals surface area (Å²) in [6.45, 7) is 3.24. The Hall–Kier alpha value is -4.06. The quantitative estimate of drug-likeness (QED) is 0.159. The highest BCUT2D eigenvalue weighted by Crippen LogP contribution is 2.29. The van der Waals surface area contributed by atoms with Crippen LogP contribution in [0, 0.1) is 5.82 Å². The van der Waals surface area contributed by atoms with Gasteiger partial charge in [-0.05, 0) is 55.4 Å². The van der Waals surface area contributed by atoms with Crippen molar-refractivity contribution in [2.75, 3.05) is 37.3 Å². The van der Waals surface area contributed by atoms with Gasteiger partial charge in [0.05, 0.1) is 23.4 Å².